The maximum Gasteiger partial charge on any atom is 0.266 e. The molecule has 0 atom stereocenters. The largest absolute Gasteiger partial charge is 0.268 e. The zero-order chi connectivity index (χ0) is 23.7. The van der Waals surface area contributed by atoms with Gasteiger partial charge in [-0.1, -0.05) is 65.7 Å². The summed E-state index contributed by atoms with van der Waals surface area (Å²) < 4.78 is 3.36. The van der Waals surface area contributed by atoms with Gasteiger partial charge in [0.2, 0.25) is 0 Å². The number of benzene rings is 3. The number of hydrogen-bond donors (Lipinski definition) is 0. The van der Waals surface area contributed by atoms with Crippen molar-refractivity contribution in [1.29, 1.82) is 0 Å². The number of aromatic nitrogens is 4. The van der Waals surface area contributed by atoms with Crippen LogP contribution in [-0.4, -0.2) is 19.3 Å². The zero-order valence-electron chi connectivity index (χ0n) is 18.3. The molecule has 0 aliphatic heterocycles. The average Bonchev–Trinajstić information content (AvgIpc) is 3.11. The van der Waals surface area contributed by atoms with Gasteiger partial charge < -0.3 is 0 Å². The minimum atomic E-state index is -0.127. The fourth-order valence-electron chi connectivity index (χ4n) is 3.87. The standard InChI is InChI=1S/C27H20Cl2N4O/c1-18-22(26(29)32(31-18)17-19-11-13-20(28)14-12-19)15-16-25-30-24-10-6-5-9-23(24)27(34)33(25)21-7-3-2-4-8-21/h2-16H,17H2,1H3/b16-15+. The van der Waals surface area contributed by atoms with Crippen molar-refractivity contribution in [2.24, 2.45) is 0 Å². The zero-order valence-corrected chi connectivity index (χ0v) is 19.8. The first kappa shape index (κ1) is 22.1. The van der Waals surface area contributed by atoms with Gasteiger partial charge in [-0.15, -0.1) is 0 Å². The maximum absolute atomic E-state index is 13.4. The molecule has 7 heteroatoms. The van der Waals surface area contributed by atoms with E-state index >= 15 is 0 Å². The molecule has 0 amide bonds. The van der Waals surface area contributed by atoms with Crippen LogP contribution in [0.1, 0.15) is 22.6 Å². The van der Waals surface area contributed by atoms with Crippen molar-refractivity contribution in [2.75, 3.05) is 0 Å². The molecule has 0 saturated carbocycles. The van der Waals surface area contributed by atoms with E-state index in [9.17, 15) is 4.79 Å². The normalized spacial score (nSPS) is 11.5. The molecule has 0 N–H and O–H groups in total. The lowest BCUT2D eigenvalue weighted by molar-refractivity contribution is 0.680. The smallest absolute Gasteiger partial charge is 0.266 e. The lowest BCUT2D eigenvalue weighted by Crippen LogP contribution is -2.22. The van der Waals surface area contributed by atoms with Crippen molar-refractivity contribution < 1.29 is 0 Å². The van der Waals surface area contributed by atoms with Crippen LogP contribution in [0.4, 0.5) is 0 Å². The molecule has 5 aromatic rings. The summed E-state index contributed by atoms with van der Waals surface area (Å²) in [6.07, 6.45) is 3.67. The van der Waals surface area contributed by atoms with Gasteiger partial charge in [-0.25, -0.2) is 9.67 Å². The summed E-state index contributed by atoms with van der Waals surface area (Å²) in [5.74, 6) is 0.510. The Balaban J connectivity index is 1.58. The van der Waals surface area contributed by atoms with Crippen LogP contribution >= 0.6 is 23.2 Å². The molecule has 0 bridgehead atoms. The van der Waals surface area contributed by atoms with E-state index in [0.29, 0.717) is 33.4 Å². The van der Waals surface area contributed by atoms with Crippen LogP contribution in [0.5, 0.6) is 0 Å². The summed E-state index contributed by atoms with van der Waals surface area (Å²) in [5, 5.41) is 6.36. The van der Waals surface area contributed by atoms with E-state index in [4.69, 9.17) is 28.2 Å². The second-order valence-corrected chi connectivity index (χ2v) is 8.67. The lowest BCUT2D eigenvalue weighted by atomic mass is 10.2. The van der Waals surface area contributed by atoms with Crippen LogP contribution in [0.15, 0.2) is 83.7 Å². The molecule has 0 spiro atoms. The number of nitrogens with zero attached hydrogens (tertiary/aromatic N) is 4. The third-order valence-corrected chi connectivity index (χ3v) is 6.22. The first-order chi connectivity index (χ1) is 16.5. The number of aryl methyl sites for hydroxylation is 1. The number of halogens is 2. The van der Waals surface area contributed by atoms with Gasteiger partial charge in [0.15, 0.2) is 0 Å². The average molecular weight is 487 g/mol. The molecule has 0 radical (unpaired) electrons. The molecular weight excluding hydrogens is 467 g/mol. The molecule has 2 heterocycles. The van der Waals surface area contributed by atoms with Crippen molar-refractivity contribution in [3.8, 4) is 5.69 Å². The summed E-state index contributed by atoms with van der Waals surface area (Å²) in [6, 6.07) is 24.4. The first-order valence-corrected chi connectivity index (χ1v) is 11.5. The van der Waals surface area contributed by atoms with Crippen LogP contribution < -0.4 is 5.56 Å². The highest BCUT2D eigenvalue weighted by molar-refractivity contribution is 6.31. The predicted octanol–water partition coefficient (Wildman–Crippen LogP) is 6.42. The summed E-state index contributed by atoms with van der Waals surface area (Å²) in [6.45, 7) is 2.43. The van der Waals surface area contributed by atoms with Gasteiger partial charge in [0, 0.05) is 10.6 Å². The van der Waals surface area contributed by atoms with Crippen molar-refractivity contribution in [1.82, 2.24) is 19.3 Å². The Morgan fingerprint density at radius 2 is 1.59 bits per heavy atom. The quantitative estimate of drug-likeness (QED) is 0.288. The van der Waals surface area contributed by atoms with E-state index in [1.54, 1.807) is 15.3 Å². The topological polar surface area (TPSA) is 52.7 Å². The molecule has 0 saturated heterocycles. The van der Waals surface area contributed by atoms with Gasteiger partial charge in [-0.05, 0) is 61.0 Å². The molecule has 0 unspecified atom stereocenters. The summed E-state index contributed by atoms with van der Waals surface area (Å²) in [7, 11) is 0. The highest BCUT2D eigenvalue weighted by Crippen LogP contribution is 2.24. The van der Waals surface area contributed by atoms with Crippen molar-refractivity contribution in [3.05, 3.63) is 122 Å². The molecular formula is C27H20Cl2N4O. The highest BCUT2D eigenvalue weighted by Gasteiger charge is 2.14. The minimum absolute atomic E-state index is 0.127. The summed E-state index contributed by atoms with van der Waals surface area (Å²) in [5.41, 5.74) is 3.85. The van der Waals surface area contributed by atoms with Gasteiger partial charge >= 0.3 is 0 Å². The van der Waals surface area contributed by atoms with E-state index in [1.165, 1.54) is 0 Å². The monoisotopic (exact) mass is 486 g/mol. The van der Waals surface area contributed by atoms with Crippen LogP contribution in [0.3, 0.4) is 0 Å². The highest BCUT2D eigenvalue weighted by atomic mass is 35.5. The predicted molar refractivity (Wildman–Crippen MR) is 139 cm³/mol. The number of para-hydroxylation sites is 2. The van der Waals surface area contributed by atoms with Crippen molar-refractivity contribution >= 4 is 46.3 Å². The SMILES string of the molecule is Cc1nn(Cc2ccc(Cl)cc2)c(Cl)c1/C=C/c1nc2ccccc2c(=O)n1-c1ccccc1. The Labute approximate surface area is 206 Å². The Kier molecular flexibility index (Phi) is 6.05. The third kappa shape index (κ3) is 4.28. The Morgan fingerprint density at radius 3 is 2.35 bits per heavy atom. The summed E-state index contributed by atoms with van der Waals surface area (Å²) in [4.78, 5) is 18.1. The van der Waals surface area contributed by atoms with E-state index in [2.05, 4.69) is 5.10 Å². The number of fused-ring (bicyclic) bond motifs is 1. The van der Waals surface area contributed by atoms with Crippen LogP contribution in [-0.2, 0) is 6.54 Å². The van der Waals surface area contributed by atoms with E-state index < -0.39 is 0 Å². The van der Waals surface area contributed by atoms with Crippen LogP contribution in [0.25, 0.3) is 28.7 Å². The molecule has 2 aromatic heterocycles. The fraction of sp³-hybridized carbons (Fsp3) is 0.0741. The molecule has 5 rings (SSSR count). The van der Waals surface area contributed by atoms with E-state index in [0.717, 1.165) is 22.5 Å². The summed E-state index contributed by atoms with van der Waals surface area (Å²) >= 11 is 12.7. The molecule has 168 valence electrons. The third-order valence-electron chi connectivity index (χ3n) is 5.57. The van der Waals surface area contributed by atoms with Crippen molar-refractivity contribution in [3.63, 3.8) is 0 Å². The Hall–Kier alpha value is -3.67. The fourth-order valence-corrected chi connectivity index (χ4v) is 4.29. The second-order valence-electron chi connectivity index (χ2n) is 7.87. The molecule has 34 heavy (non-hydrogen) atoms. The van der Waals surface area contributed by atoms with Crippen molar-refractivity contribution in [2.45, 2.75) is 13.5 Å². The van der Waals surface area contributed by atoms with Gasteiger partial charge in [0.05, 0.1) is 28.8 Å². The van der Waals surface area contributed by atoms with Gasteiger partial charge in [0.1, 0.15) is 11.0 Å². The molecule has 0 aliphatic rings. The van der Waals surface area contributed by atoms with E-state index in [1.807, 2.05) is 91.9 Å². The molecule has 0 aliphatic carbocycles. The van der Waals surface area contributed by atoms with Gasteiger partial charge in [-0.2, -0.15) is 5.10 Å². The Bertz CT molecular complexity index is 1570. The Morgan fingerprint density at radius 1 is 0.882 bits per heavy atom. The number of rotatable bonds is 5. The van der Waals surface area contributed by atoms with Gasteiger partial charge in [-0.3, -0.25) is 9.36 Å². The molecule has 3 aromatic carbocycles. The first-order valence-electron chi connectivity index (χ1n) is 10.7. The minimum Gasteiger partial charge on any atom is -0.268 e. The van der Waals surface area contributed by atoms with E-state index in [-0.39, 0.29) is 5.56 Å². The lowest BCUT2D eigenvalue weighted by Gasteiger charge is -2.11. The molecule has 5 nitrogen and oxygen atoms in total. The van der Waals surface area contributed by atoms with Gasteiger partial charge in [0.25, 0.3) is 5.56 Å². The maximum atomic E-state index is 13.4. The second kappa shape index (κ2) is 9.29. The van der Waals surface area contributed by atoms with Crippen LogP contribution in [0.2, 0.25) is 10.2 Å². The number of hydrogen-bond acceptors (Lipinski definition) is 3. The molecule has 0 fully saturated rings. The van der Waals surface area contributed by atoms with Crippen LogP contribution in [0, 0.1) is 6.92 Å².